The molecule has 2 aliphatic heterocycles. The van der Waals surface area contributed by atoms with Crippen molar-refractivity contribution in [1.82, 2.24) is 0 Å². The van der Waals surface area contributed by atoms with E-state index in [4.69, 9.17) is 24.1 Å². The molecule has 0 saturated heterocycles. The number of methoxy groups -OCH3 is 1. The van der Waals surface area contributed by atoms with E-state index in [1.54, 1.807) is 7.11 Å². The van der Waals surface area contributed by atoms with Crippen LogP contribution in [0.5, 0.6) is 23.0 Å². The Morgan fingerprint density at radius 2 is 2.00 bits per heavy atom. The Morgan fingerprint density at radius 1 is 1.15 bits per heavy atom. The average Bonchev–Trinajstić information content (AvgIpc) is 3.16. The second-order valence-corrected chi connectivity index (χ2v) is 6.64. The van der Waals surface area contributed by atoms with Crippen molar-refractivity contribution in [2.45, 2.75) is 13.0 Å². The summed E-state index contributed by atoms with van der Waals surface area (Å²) in [5, 5.41) is 11.2. The van der Waals surface area contributed by atoms with E-state index in [0.717, 1.165) is 40.9 Å². The van der Waals surface area contributed by atoms with Gasteiger partial charge in [0.15, 0.2) is 35.7 Å². The van der Waals surface area contributed by atoms with Gasteiger partial charge in [-0.05, 0) is 35.2 Å². The van der Waals surface area contributed by atoms with Crippen LogP contribution in [-0.4, -0.2) is 32.2 Å². The normalized spacial score (nSPS) is 14.0. The van der Waals surface area contributed by atoms with E-state index in [9.17, 15) is 0 Å². The zero-order valence-electron chi connectivity index (χ0n) is 15.0. The molecule has 1 aromatic heterocycles. The lowest BCUT2D eigenvalue weighted by Crippen LogP contribution is -2.40. The summed E-state index contributed by atoms with van der Waals surface area (Å²) >= 11 is 0. The molecule has 1 N–H and O–H groups in total. The van der Waals surface area contributed by atoms with Crippen molar-refractivity contribution in [3.63, 3.8) is 0 Å². The molecular weight excluding hydrogens is 346 g/mol. The third-order valence-corrected chi connectivity index (χ3v) is 5.13. The molecule has 0 radical (unpaired) electrons. The lowest BCUT2D eigenvalue weighted by Gasteiger charge is -2.17. The fourth-order valence-corrected chi connectivity index (χ4v) is 3.85. The first-order valence-corrected chi connectivity index (χ1v) is 8.99. The summed E-state index contributed by atoms with van der Waals surface area (Å²) in [6, 6.07) is 10.3. The topological polar surface area (TPSA) is 61.0 Å². The van der Waals surface area contributed by atoms with Gasteiger partial charge in [0.2, 0.25) is 12.5 Å². The van der Waals surface area contributed by atoms with Crippen LogP contribution in [0.3, 0.4) is 0 Å². The maximum atomic E-state index is 9.15. The van der Waals surface area contributed by atoms with Crippen molar-refractivity contribution >= 4 is 10.8 Å². The molecule has 0 aliphatic carbocycles. The van der Waals surface area contributed by atoms with E-state index in [1.165, 1.54) is 11.1 Å². The third kappa shape index (κ3) is 2.56. The molecule has 5 rings (SSSR count). The van der Waals surface area contributed by atoms with Gasteiger partial charge in [0.1, 0.15) is 6.61 Å². The molecule has 138 valence electrons. The highest BCUT2D eigenvalue weighted by molar-refractivity contribution is 5.91. The van der Waals surface area contributed by atoms with Crippen LogP contribution in [0.25, 0.3) is 22.0 Å². The van der Waals surface area contributed by atoms with Crippen LogP contribution in [0.1, 0.15) is 5.56 Å². The minimum absolute atomic E-state index is 0.0435. The molecule has 0 atom stereocenters. The van der Waals surface area contributed by atoms with Crippen LogP contribution in [-0.2, 0) is 13.0 Å². The number of aliphatic hydroxyl groups excluding tert-OH is 1. The van der Waals surface area contributed by atoms with E-state index in [2.05, 4.69) is 29.0 Å². The molecule has 0 saturated carbocycles. The predicted molar refractivity (Wildman–Crippen MR) is 98.5 cm³/mol. The fourth-order valence-electron chi connectivity index (χ4n) is 3.85. The van der Waals surface area contributed by atoms with Gasteiger partial charge in [0.25, 0.3) is 0 Å². The summed E-state index contributed by atoms with van der Waals surface area (Å²) in [5.41, 5.74) is 3.57. The molecule has 2 aromatic carbocycles. The monoisotopic (exact) mass is 366 g/mol. The number of rotatable bonds is 4. The van der Waals surface area contributed by atoms with Crippen molar-refractivity contribution in [2.24, 2.45) is 0 Å². The summed E-state index contributed by atoms with van der Waals surface area (Å²) in [4.78, 5) is 0. The average molecular weight is 366 g/mol. The number of fused-ring (bicyclic) bond motifs is 5. The zero-order chi connectivity index (χ0) is 18.4. The van der Waals surface area contributed by atoms with Crippen LogP contribution in [0, 0.1) is 0 Å². The Bertz CT molecular complexity index is 1050. The van der Waals surface area contributed by atoms with Crippen molar-refractivity contribution in [2.75, 3.05) is 27.1 Å². The smallest absolute Gasteiger partial charge is 0.231 e. The van der Waals surface area contributed by atoms with Gasteiger partial charge in [0, 0.05) is 12.5 Å². The summed E-state index contributed by atoms with van der Waals surface area (Å²) in [6.45, 7) is 1.33. The predicted octanol–water partition coefficient (Wildman–Crippen LogP) is 2.46. The first kappa shape index (κ1) is 16.2. The van der Waals surface area contributed by atoms with Gasteiger partial charge < -0.3 is 24.1 Å². The van der Waals surface area contributed by atoms with Crippen LogP contribution in [0.2, 0.25) is 0 Å². The van der Waals surface area contributed by atoms with E-state index in [0.29, 0.717) is 11.5 Å². The molecule has 6 heteroatoms. The lowest BCUT2D eigenvalue weighted by molar-refractivity contribution is -0.686. The summed E-state index contributed by atoms with van der Waals surface area (Å²) in [5.74, 6) is 2.95. The van der Waals surface area contributed by atoms with E-state index >= 15 is 0 Å². The summed E-state index contributed by atoms with van der Waals surface area (Å²) in [6.07, 6.45) is 3.03. The molecule has 3 heterocycles. The molecule has 2 aliphatic rings. The van der Waals surface area contributed by atoms with Gasteiger partial charge in [-0.1, -0.05) is 0 Å². The Morgan fingerprint density at radius 3 is 2.81 bits per heavy atom. The number of hydrogen-bond donors (Lipinski definition) is 1. The number of aromatic nitrogens is 1. The lowest BCUT2D eigenvalue weighted by atomic mass is 9.95. The molecule has 6 nitrogen and oxygen atoms in total. The number of nitrogens with zero attached hydrogens (tertiary/aromatic N) is 1. The number of pyridine rings is 1. The molecule has 0 spiro atoms. The molecule has 0 bridgehead atoms. The van der Waals surface area contributed by atoms with Crippen molar-refractivity contribution < 1.29 is 28.6 Å². The highest BCUT2D eigenvalue weighted by Crippen LogP contribution is 2.41. The largest absolute Gasteiger partial charge is 0.493 e. The van der Waals surface area contributed by atoms with Crippen LogP contribution < -0.4 is 23.5 Å². The Labute approximate surface area is 156 Å². The first-order valence-electron chi connectivity index (χ1n) is 8.99. The van der Waals surface area contributed by atoms with Gasteiger partial charge in [-0.25, -0.2) is 0 Å². The van der Waals surface area contributed by atoms with Crippen LogP contribution in [0.4, 0.5) is 0 Å². The number of ether oxygens (including phenoxy) is 4. The van der Waals surface area contributed by atoms with Crippen molar-refractivity contribution in [3.8, 4) is 34.3 Å². The standard InChI is InChI=1S/C21H20NO5/c1-24-18-3-2-13-8-17-15-10-20-19(26-12-27-20)9-14(15)4-5-22(17)11-16(13)21(18)25-7-6-23/h2-3,8-11,23H,4-7,12H2,1H3/q+1. The van der Waals surface area contributed by atoms with Gasteiger partial charge in [-0.3, -0.25) is 0 Å². The van der Waals surface area contributed by atoms with Crippen molar-refractivity contribution in [1.29, 1.82) is 0 Å². The summed E-state index contributed by atoms with van der Waals surface area (Å²) < 4.78 is 24.6. The highest BCUT2D eigenvalue weighted by atomic mass is 16.7. The van der Waals surface area contributed by atoms with E-state index in [-0.39, 0.29) is 20.0 Å². The van der Waals surface area contributed by atoms with Gasteiger partial charge >= 0.3 is 0 Å². The minimum Gasteiger partial charge on any atom is -0.493 e. The Kier molecular flexibility index (Phi) is 3.79. The second-order valence-electron chi connectivity index (χ2n) is 6.64. The van der Waals surface area contributed by atoms with E-state index < -0.39 is 0 Å². The molecule has 0 amide bonds. The second kappa shape index (κ2) is 6.32. The summed E-state index contributed by atoms with van der Waals surface area (Å²) in [7, 11) is 1.62. The Balaban J connectivity index is 1.69. The number of hydrogen-bond acceptors (Lipinski definition) is 5. The quantitative estimate of drug-likeness (QED) is 0.719. The van der Waals surface area contributed by atoms with Gasteiger partial charge in [-0.15, -0.1) is 0 Å². The molecular formula is C21H20NO5+. The fraction of sp³-hybridized carbons (Fsp3) is 0.286. The maximum absolute atomic E-state index is 9.15. The minimum atomic E-state index is -0.0435. The molecule has 27 heavy (non-hydrogen) atoms. The molecule has 0 fully saturated rings. The number of aryl methyl sites for hydroxylation is 2. The number of aliphatic hydroxyl groups is 1. The first-order chi connectivity index (χ1) is 13.3. The third-order valence-electron chi connectivity index (χ3n) is 5.13. The maximum Gasteiger partial charge on any atom is 0.231 e. The highest BCUT2D eigenvalue weighted by Gasteiger charge is 2.28. The van der Waals surface area contributed by atoms with Gasteiger partial charge in [0.05, 0.1) is 24.7 Å². The Hall–Kier alpha value is -2.99. The zero-order valence-corrected chi connectivity index (χ0v) is 15.0. The number of benzene rings is 2. The van der Waals surface area contributed by atoms with Crippen molar-refractivity contribution in [3.05, 3.63) is 42.1 Å². The van der Waals surface area contributed by atoms with E-state index in [1.807, 2.05) is 12.1 Å². The molecule has 0 unspecified atom stereocenters. The SMILES string of the molecule is COc1ccc2cc3[n+](cc2c1OCCO)CCc1cc2c(cc1-3)OCO2. The van der Waals surface area contributed by atoms with Gasteiger partial charge in [-0.2, -0.15) is 4.57 Å². The van der Waals surface area contributed by atoms with Crippen LogP contribution >= 0.6 is 0 Å². The molecule has 3 aromatic rings. The van der Waals surface area contributed by atoms with Crippen LogP contribution in [0.15, 0.2) is 36.5 Å².